The summed E-state index contributed by atoms with van der Waals surface area (Å²) in [6, 6.07) is 19.1. The second kappa shape index (κ2) is 11.4. The Morgan fingerprint density at radius 3 is 2.54 bits per heavy atom. The number of esters is 1. The zero-order valence-corrected chi connectivity index (χ0v) is 19.0. The number of hydrogen-bond donors (Lipinski definition) is 2. The molecule has 4 rings (SSSR count). The van der Waals surface area contributed by atoms with Gasteiger partial charge in [-0.15, -0.1) is 0 Å². The number of nitrogens with one attached hydrogen (secondary N) is 2. The van der Waals surface area contributed by atoms with E-state index in [0.29, 0.717) is 29.1 Å². The maximum atomic E-state index is 12.1. The highest BCUT2D eigenvalue weighted by atomic mass is 16.5. The van der Waals surface area contributed by atoms with Gasteiger partial charge >= 0.3 is 5.97 Å². The van der Waals surface area contributed by atoms with Gasteiger partial charge in [-0.05, 0) is 42.8 Å². The minimum Gasteiger partial charge on any atom is -0.489 e. The van der Waals surface area contributed by atoms with E-state index in [2.05, 4.69) is 25.6 Å². The highest BCUT2D eigenvalue weighted by Crippen LogP contribution is 2.26. The lowest BCUT2D eigenvalue weighted by Gasteiger charge is -2.11. The summed E-state index contributed by atoms with van der Waals surface area (Å²) in [4.78, 5) is 36.2. The number of amides is 1. The van der Waals surface area contributed by atoms with Gasteiger partial charge in [-0.25, -0.2) is 19.7 Å². The Morgan fingerprint density at radius 1 is 0.971 bits per heavy atom. The first-order valence-electron chi connectivity index (χ1n) is 10.9. The Hall–Kier alpha value is -4.79. The topological polar surface area (TPSA) is 115 Å². The molecule has 0 aliphatic rings. The average molecular weight is 470 g/mol. The van der Waals surface area contributed by atoms with E-state index in [4.69, 9.17) is 9.47 Å². The van der Waals surface area contributed by atoms with Crippen molar-refractivity contribution in [3.05, 3.63) is 90.9 Å². The fraction of sp³-hybridized carbons (Fsp3) is 0.115. The van der Waals surface area contributed by atoms with Crippen molar-refractivity contribution in [2.75, 3.05) is 17.2 Å². The summed E-state index contributed by atoms with van der Waals surface area (Å²) >= 11 is 0. The van der Waals surface area contributed by atoms with Crippen molar-refractivity contribution in [2.45, 2.75) is 13.5 Å². The van der Waals surface area contributed by atoms with E-state index < -0.39 is 11.9 Å². The predicted octanol–water partition coefficient (Wildman–Crippen LogP) is 4.41. The van der Waals surface area contributed by atoms with Crippen LogP contribution in [-0.2, 0) is 20.9 Å². The van der Waals surface area contributed by atoms with E-state index in [0.717, 1.165) is 29.2 Å². The monoisotopic (exact) mass is 469 g/mol. The maximum absolute atomic E-state index is 12.1. The van der Waals surface area contributed by atoms with E-state index >= 15 is 0 Å². The third-order valence-electron chi connectivity index (χ3n) is 4.80. The zero-order valence-electron chi connectivity index (χ0n) is 19.0. The van der Waals surface area contributed by atoms with E-state index in [-0.39, 0.29) is 6.61 Å². The number of benzene rings is 2. The van der Waals surface area contributed by atoms with Crippen LogP contribution in [0.2, 0.25) is 0 Å². The Bertz CT molecular complexity index is 1340. The number of nitrogens with zero attached hydrogens (tertiary/aromatic N) is 3. The molecule has 0 fully saturated rings. The quantitative estimate of drug-likeness (QED) is 0.274. The summed E-state index contributed by atoms with van der Waals surface area (Å²) in [7, 11) is 0. The van der Waals surface area contributed by atoms with Crippen molar-refractivity contribution in [3.8, 4) is 5.75 Å². The largest absolute Gasteiger partial charge is 0.489 e. The van der Waals surface area contributed by atoms with Gasteiger partial charge in [-0.2, -0.15) is 0 Å². The average Bonchev–Trinajstić information content (AvgIpc) is 2.88. The van der Waals surface area contributed by atoms with Crippen molar-refractivity contribution < 1.29 is 19.1 Å². The smallest absolute Gasteiger partial charge is 0.330 e. The van der Waals surface area contributed by atoms with Gasteiger partial charge < -0.3 is 20.1 Å². The molecular formula is C26H23N5O4. The molecule has 9 heteroatoms. The number of fused-ring (bicyclic) bond motifs is 1. The summed E-state index contributed by atoms with van der Waals surface area (Å²) in [6.07, 6.45) is 5.12. The second-order valence-corrected chi connectivity index (χ2v) is 7.31. The number of rotatable bonds is 9. The van der Waals surface area contributed by atoms with Gasteiger partial charge in [0.2, 0.25) is 5.91 Å². The number of anilines is 3. The molecule has 0 saturated heterocycles. The van der Waals surface area contributed by atoms with Crippen LogP contribution in [0.15, 0.2) is 85.3 Å². The minimum absolute atomic E-state index is 0.232. The first kappa shape index (κ1) is 23.4. The number of pyridine rings is 1. The van der Waals surface area contributed by atoms with Gasteiger partial charge in [0.15, 0.2) is 0 Å². The van der Waals surface area contributed by atoms with Crippen molar-refractivity contribution >= 4 is 40.1 Å². The first-order valence-corrected chi connectivity index (χ1v) is 10.9. The summed E-state index contributed by atoms with van der Waals surface area (Å²) in [5, 5.41) is 6.54. The molecule has 9 nitrogen and oxygen atoms in total. The number of carbonyl (C=O) groups is 2. The molecule has 0 aliphatic heterocycles. The van der Waals surface area contributed by atoms with Gasteiger partial charge in [-0.1, -0.05) is 30.3 Å². The fourth-order valence-electron chi connectivity index (χ4n) is 3.14. The molecular weight excluding hydrogens is 446 g/mol. The molecule has 2 heterocycles. The molecule has 0 saturated carbocycles. The Kier molecular flexibility index (Phi) is 7.59. The molecule has 2 aromatic heterocycles. The third kappa shape index (κ3) is 6.61. The highest BCUT2D eigenvalue weighted by molar-refractivity contribution is 6.03. The minimum atomic E-state index is -0.592. The van der Waals surface area contributed by atoms with Crippen molar-refractivity contribution in [3.63, 3.8) is 0 Å². The number of hydrogen-bond acceptors (Lipinski definition) is 8. The molecule has 176 valence electrons. The van der Waals surface area contributed by atoms with Crippen LogP contribution in [0.5, 0.6) is 5.75 Å². The summed E-state index contributed by atoms with van der Waals surface area (Å²) in [6.45, 7) is 2.41. The molecule has 0 unspecified atom stereocenters. The van der Waals surface area contributed by atoms with Gasteiger partial charge in [0.25, 0.3) is 0 Å². The maximum Gasteiger partial charge on any atom is 0.330 e. The van der Waals surface area contributed by atoms with E-state index in [1.54, 1.807) is 13.0 Å². The predicted molar refractivity (Wildman–Crippen MR) is 132 cm³/mol. The van der Waals surface area contributed by atoms with Crippen molar-refractivity contribution in [1.29, 1.82) is 0 Å². The van der Waals surface area contributed by atoms with E-state index in [1.165, 1.54) is 12.5 Å². The van der Waals surface area contributed by atoms with Crippen LogP contribution in [0.1, 0.15) is 12.5 Å². The molecule has 0 spiro atoms. The lowest BCUT2D eigenvalue weighted by atomic mass is 10.2. The van der Waals surface area contributed by atoms with Crippen molar-refractivity contribution in [1.82, 2.24) is 15.0 Å². The SMILES string of the molecule is CCOC(=O)C=CC(=O)Nc1cc2c(Nc3ccc(OCc4ccccc4)cc3)ncnc2cn1. The van der Waals surface area contributed by atoms with Crippen LogP contribution < -0.4 is 15.4 Å². The highest BCUT2D eigenvalue weighted by Gasteiger charge is 2.09. The Labute approximate surface area is 201 Å². The molecule has 2 aromatic carbocycles. The number of carbonyl (C=O) groups excluding carboxylic acids is 2. The number of aromatic nitrogens is 3. The lowest BCUT2D eigenvalue weighted by Crippen LogP contribution is -2.11. The van der Waals surface area contributed by atoms with Crippen molar-refractivity contribution in [2.24, 2.45) is 0 Å². The van der Waals surface area contributed by atoms with Crippen LogP contribution in [0.4, 0.5) is 17.3 Å². The van der Waals surface area contributed by atoms with Crippen LogP contribution in [0, 0.1) is 0 Å². The molecule has 1 amide bonds. The molecule has 0 atom stereocenters. The molecule has 0 radical (unpaired) electrons. The zero-order chi connectivity index (χ0) is 24.5. The van der Waals surface area contributed by atoms with Crippen LogP contribution in [-0.4, -0.2) is 33.4 Å². The molecule has 0 aliphatic carbocycles. The Balaban J connectivity index is 1.44. The van der Waals surface area contributed by atoms with Gasteiger partial charge in [0.1, 0.15) is 30.3 Å². The summed E-state index contributed by atoms with van der Waals surface area (Å²) in [5.41, 5.74) is 2.50. The fourth-order valence-corrected chi connectivity index (χ4v) is 3.14. The van der Waals surface area contributed by atoms with Crippen LogP contribution in [0.3, 0.4) is 0 Å². The van der Waals surface area contributed by atoms with Gasteiger partial charge in [0, 0.05) is 23.2 Å². The Morgan fingerprint density at radius 2 is 1.77 bits per heavy atom. The molecule has 35 heavy (non-hydrogen) atoms. The molecule has 4 aromatic rings. The van der Waals surface area contributed by atoms with Crippen LogP contribution >= 0.6 is 0 Å². The van der Waals surface area contributed by atoms with Gasteiger partial charge in [0.05, 0.1) is 18.3 Å². The van der Waals surface area contributed by atoms with E-state index in [1.807, 2.05) is 54.6 Å². The molecule has 0 bridgehead atoms. The second-order valence-electron chi connectivity index (χ2n) is 7.31. The van der Waals surface area contributed by atoms with Crippen LogP contribution in [0.25, 0.3) is 10.9 Å². The summed E-state index contributed by atoms with van der Waals surface area (Å²) in [5.74, 6) is 0.483. The lowest BCUT2D eigenvalue weighted by molar-refractivity contribution is -0.137. The molecule has 2 N–H and O–H groups in total. The third-order valence-corrected chi connectivity index (χ3v) is 4.80. The standard InChI is InChI=1S/C26H23N5O4/c1-2-34-25(33)13-12-24(32)31-23-14-21-22(15-27-23)28-17-29-26(21)30-19-8-10-20(11-9-19)35-16-18-6-4-3-5-7-18/h3-15,17H,2,16H2,1H3,(H,27,31,32)(H,28,29,30). The van der Waals surface area contributed by atoms with E-state index in [9.17, 15) is 9.59 Å². The number of ether oxygens (including phenoxy) is 2. The summed E-state index contributed by atoms with van der Waals surface area (Å²) < 4.78 is 10.6. The first-order chi connectivity index (χ1) is 17.1. The van der Waals surface area contributed by atoms with Gasteiger partial charge in [-0.3, -0.25) is 4.79 Å². The normalized spacial score (nSPS) is 10.8.